The van der Waals surface area contributed by atoms with E-state index in [-0.39, 0.29) is 17.3 Å². The smallest absolute Gasteiger partial charge is 0.198 e. The van der Waals surface area contributed by atoms with Gasteiger partial charge in [0.05, 0.1) is 0 Å². The van der Waals surface area contributed by atoms with Crippen LogP contribution in [0.5, 0.6) is 0 Å². The summed E-state index contributed by atoms with van der Waals surface area (Å²) in [6.45, 7) is 4.40. The van der Waals surface area contributed by atoms with Gasteiger partial charge in [0, 0.05) is 5.56 Å². The van der Waals surface area contributed by atoms with E-state index in [0.717, 1.165) is 23.1 Å². The molecule has 1 aliphatic heterocycles. The monoisotopic (exact) mass is 278 g/mol. The van der Waals surface area contributed by atoms with Gasteiger partial charge in [-0.15, -0.1) is 0 Å². The molecule has 2 atom stereocenters. The summed E-state index contributed by atoms with van der Waals surface area (Å²) in [7, 11) is 0. The number of carbonyl (C=O) groups excluding carboxylic acids is 1. The molecule has 2 nitrogen and oxygen atoms in total. The molecule has 2 heteroatoms. The molecule has 1 heterocycles. The first kappa shape index (κ1) is 12.8. The molecule has 106 valence electrons. The van der Waals surface area contributed by atoms with Gasteiger partial charge < -0.3 is 4.74 Å². The maximum absolute atomic E-state index is 12.9. The average molecular weight is 278 g/mol. The van der Waals surface area contributed by atoms with Crippen molar-refractivity contribution in [3.63, 3.8) is 0 Å². The molecule has 0 radical (unpaired) electrons. The van der Waals surface area contributed by atoms with Crippen LogP contribution in [0.25, 0.3) is 0 Å². The van der Waals surface area contributed by atoms with Crippen LogP contribution in [0.2, 0.25) is 0 Å². The van der Waals surface area contributed by atoms with Gasteiger partial charge in [-0.2, -0.15) is 0 Å². The van der Waals surface area contributed by atoms with Crippen molar-refractivity contribution in [2.75, 3.05) is 0 Å². The number of epoxide rings is 1. The number of hydrogen-bond acceptors (Lipinski definition) is 2. The van der Waals surface area contributed by atoms with Gasteiger partial charge >= 0.3 is 0 Å². The Morgan fingerprint density at radius 2 is 1.67 bits per heavy atom. The molecule has 2 aromatic carbocycles. The third kappa shape index (κ3) is 1.72. The van der Waals surface area contributed by atoms with E-state index < -0.39 is 5.60 Å². The van der Waals surface area contributed by atoms with E-state index in [0.29, 0.717) is 0 Å². The van der Waals surface area contributed by atoms with Crippen LogP contribution in [0, 0.1) is 0 Å². The molecule has 1 aliphatic carbocycles. The summed E-state index contributed by atoms with van der Waals surface area (Å²) in [6.07, 6.45) is 0.647. The van der Waals surface area contributed by atoms with Crippen LogP contribution in [-0.2, 0) is 10.2 Å². The van der Waals surface area contributed by atoms with Crippen molar-refractivity contribution < 1.29 is 9.53 Å². The highest BCUT2D eigenvalue weighted by molar-refractivity contribution is 6.07. The second-order valence-corrected chi connectivity index (χ2v) is 6.73. The SMILES string of the molecule is CC1(C)C[C@]2(O[C@@H]2c2ccccc2)C(=O)c2ccccc21. The lowest BCUT2D eigenvalue weighted by atomic mass is 9.66. The molecule has 1 fully saturated rings. The molecule has 0 saturated carbocycles. The molecule has 1 spiro atoms. The summed E-state index contributed by atoms with van der Waals surface area (Å²) >= 11 is 0. The number of fused-ring (bicyclic) bond motifs is 1. The topological polar surface area (TPSA) is 29.6 Å². The van der Waals surface area contributed by atoms with Crippen LogP contribution in [0.3, 0.4) is 0 Å². The minimum atomic E-state index is -0.654. The van der Waals surface area contributed by atoms with E-state index in [1.165, 1.54) is 0 Å². The lowest BCUT2D eigenvalue weighted by molar-refractivity contribution is 0.0812. The van der Waals surface area contributed by atoms with Gasteiger partial charge in [-0.1, -0.05) is 68.4 Å². The van der Waals surface area contributed by atoms with Crippen molar-refractivity contribution in [3.8, 4) is 0 Å². The second-order valence-electron chi connectivity index (χ2n) is 6.73. The fourth-order valence-electron chi connectivity index (χ4n) is 3.78. The van der Waals surface area contributed by atoms with Crippen LogP contribution in [-0.4, -0.2) is 11.4 Å². The molecule has 2 aliphatic rings. The maximum atomic E-state index is 12.9. The first-order valence-electron chi connectivity index (χ1n) is 7.42. The fraction of sp³-hybridized carbons (Fsp3) is 0.316. The summed E-state index contributed by atoms with van der Waals surface area (Å²) in [6, 6.07) is 18.0. The molecule has 0 bridgehead atoms. The summed E-state index contributed by atoms with van der Waals surface area (Å²) in [4.78, 5) is 12.9. The largest absolute Gasteiger partial charge is 0.352 e. The van der Waals surface area contributed by atoms with Gasteiger partial charge in [0.1, 0.15) is 6.10 Å². The zero-order valence-corrected chi connectivity index (χ0v) is 12.3. The van der Waals surface area contributed by atoms with Crippen LogP contribution in [0.15, 0.2) is 54.6 Å². The number of Topliss-reactive ketones (excluding diaryl/α,β-unsaturated/α-hetero) is 1. The summed E-state index contributed by atoms with van der Waals surface area (Å²) in [5.74, 6) is 0.145. The zero-order chi connectivity index (χ0) is 14.7. The minimum Gasteiger partial charge on any atom is -0.352 e. The highest BCUT2D eigenvalue weighted by Gasteiger charge is 2.66. The third-order valence-corrected chi connectivity index (χ3v) is 4.79. The average Bonchev–Trinajstić information content (AvgIpc) is 3.21. The van der Waals surface area contributed by atoms with E-state index in [1.54, 1.807) is 0 Å². The first-order valence-corrected chi connectivity index (χ1v) is 7.42. The molecule has 0 aromatic heterocycles. The van der Waals surface area contributed by atoms with Gasteiger partial charge in [0.2, 0.25) is 0 Å². The molecular formula is C19H18O2. The van der Waals surface area contributed by atoms with Crippen LogP contribution < -0.4 is 0 Å². The second kappa shape index (κ2) is 4.05. The molecule has 21 heavy (non-hydrogen) atoms. The van der Waals surface area contributed by atoms with Crippen LogP contribution in [0.4, 0.5) is 0 Å². The molecule has 0 amide bonds. The summed E-state index contributed by atoms with van der Waals surface area (Å²) in [5, 5.41) is 0. The number of rotatable bonds is 1. The van der Waals surface area contributed by atoms with Crippen molar-refractivity contribution >= 4 is 5.78 Å². The number of ether oxygens (including phenoxy) is 1. The summed E-state index contributed by atoms with van der Waals surface area (Å²) in [5.41, 5.74) is 2.36. The van der Waals surface area contributed by atoms with Gasteiger partial charge in [-0.3, -0.25) is 4.79 Å². The van der Waals surface area contributed by atoms with Crippen LogP contribution in [0.1, 0.15) is 47.9 Å². The Hall–Kier alpha value is -1.93. The number of hydrogen-bond donors (Lipinski definition) is 0. The first-order chi connectivity index (χ1) is 10.0. The van der Waals surface area contributed by atoms with Crippen molar-refractivity contribution in [1.29, 1.82) is 0 Å². The molecule has 4 rings (SSSR count). The lowest BCUT2D eigenvalue weighted by Gasteiger charge is -2.35. The van der Waals surface area contributed by atoms with Crippen molar-refractivity contribution in [1.82, 2.24) is 0 Å². The van der Waals surface area contributed by atoms with E-state index in [9.17, 15) is 4.79 Å². The van der Waals surface area contributed by atoms with E-state index in [2.05, 4.69) is 19.9 Å². The molecule has 1 saturated heterocycles. The van der Waals surface area contributed by atoms with Gasteiger partial charge in [0.25, 0.3) is 0 Å². The molecular weight excluding hydrogens is 260 g/mol. The molecule has 0 N–H and O–H groups in total. The number of benzene rings is 2. The fourth-order valence-corrected chi connectivity index (χ4v) is 3.78. The Kier molecular flexibility index (Phi) is 2.46. The van der Waals surface area contributed by atoms with Gasteiger partial charge in [0.15, 0.2) is 11.4 Å². The Balaban J connectivity index is 1.79. The van der Waals surface area contributed by atoms with Crippen molar-refractivity contribution in [2.24, 2.45) is 0 Å². The third-order valence-electron chi connectivity index (χ3n) is 4.79. The Bertz CT molecular complexity index is 717. The predicted molar refractivity (Wildman–Crippen MR) is 81.4 cm³/mol. The van der Waals surface area contributed by atoms with Crippen molar-refractivity contribution in [2.45, 2.75) is 37.4 Å². The molecule has 2 aromatic rings. The normalized spacial score (nSPS) is 29.2. The van der Waals surface area contributed by atoms with Crippen molar-refractivity contribution in [3.05, 3.63) is 71.3 Å². The molecule has 0 unspecified atom stereocenters. The zero-order valence-electron chi connectivity index (χ0n) is 12.3. The maximum Gasteiger partial charge on any atom is 0.198 e. The van der Waals surface area contributed by atoms with E-state index >= 15 is 0 Å². The summed E-state index contributed by atoms with van der Waals surface area (Å²) < 4.78 is 5.99. The predicted octanol–water partition coefficient (Wildman–Crippen LogP) is 4.06. The highest BCUT2D eigenvalue weighted by Crippen LogP contribution is 2.60. The lowest BCUT2D eigenvalue weighted by Crippen LogP contribution is -2.40. The Morgan fingerprint density at radius 1 is 1.00 bits per heavy atom. The minimum absolute atomic E-state index is 0.0476. The quantitative estimate of drug-likeness (QED) is 0.736. The Morgan fingerprint density at radius 3 is 2.43 bits per heavy atom. The number of carbonyl (C=O) groups is 1. The van der Waals surface area contributed by atoms with E-state index in [4.69, 9.17) is 4.74 Å². The van der Waals surface area contributed by atoms with Gasteiger partial charge in [-0.25, -0.2) is 0 Å². The van der Waals surface area contributed by atoms with E-state index in [1.807, 2.05) is 48.5 Å². The standard InChI is InChI=1S/C19H18O2/c1-18(2)12-19(16(20)14-10-6-7-11-15(14)18)17(21-19)13-8-4-3-5-9-13/h3-11,17H,12H2,1-2H3/t17-,19+/m1/s1. The van der Waals surface area contributed by atoms with Gasteiger partial charge in [-0.05, 0) is 23.0 Å². The van der Waals surface area contributed by atoms with Crippen LogP contribution >= 0.6 is 0 Å². The highest BCUT2D eigenvalue weighted by atomic mass is 16.6. The Labute approximate surface area is 124 Å². The number of ketones is 1.